The molecule has 0 amide bonds. The first-order valence-corrected chi connectivity index (χ1v) is 7.30. The summed E-state index contributed by atoms with van der Waals surface area (Å²) < 4.78 is 35.1. The van der Waals surface area contributed by atoms with Crippen molar-refractivity contribution in [2.24, 2.45) is 0 Å². The van der Waals surface area contributed by atoms with Gasteiger partial charge in [0, 0.05) is 19.3 Å². The molecule has 1 aromatic carbocycles. The summed E-state index contributed by atoms with van der Waals surface area (Å²) in [5.41, 5.74) is 5.30. The standard InChI is InChI=1S/C10H14ClFNO3P/c1-3-17(14,15-2)6-16-10-5-9(13)8(12)4-7(10)11/h4-5H,3,6,13H2,1-2H3. The summed E-state index contributed by atoms with van der Waals surface area (Å²) in [5, 5.41) is 0.0791. The minimum absolute atomic E-state index is 0.0758. The molecular weight excluding hydrogens is 268 g/mol. The molecule has 0 aliphatic heterocycles. The number of ether oxygens (including phenoxy) is 1. The van der Waals surface area contributed by atoms with Crippen molar-refractivity contribution in [3.05, 3.63) is 23.0 Å². The molecule has 96 valence electrons. The van der Waals surface area contributed by atoms with Crippen molar-refractivity contribution in [2.75, 3.05) is 25.4 Å². The Morgan fingerprint density at radius 1 is 1.53 bits per heavy atom. The molecule has 17 heavy (non-hydrogen) atoms. The predicted molar refractivity (Wildman–Crippen MR) is 66.5 cm³/mol. The molecule has 0 heterocycles. The van der Waals surface area contributed by atoms with E-state index in [1.54, 1.807) is 6.92 Å². The molecular formula is C10H14ClFNO3P. The van der Waals surface area contributed by atoms with Gasteiger partial charge in [-0.2, -0.15) is 0 Å². The molecule has 0 saturated carbocycles. The van der Waals surface area contributed by atoms with Crippen LogP contribution in [-0.2, 0) is 9.09 Å². The fourth-order valence-electron chi connectivity index (χ4n) is 1.10. The van der Waals surface area contributed by atoms with Crippen LogP contribution in [0.25, 0.3) is 0 Å². The van der Waals surface area contributed by atoms with E-state index >= 15 is 0 Å². The second kappa shape index (κ2) is 5.71. The molecule has 1 rings (SSSR count). The van der Waals surface area contributed by atoms with Gasteiger partial charge in [-0.15, -0.1) is 0 Å². The van der Waals surface area contributed by atoms with E-state index in [1.807, 2.05) is 0 Å². The molecule has 1 aromatic rings. The molecule has 7 heteroatoms. The Labute approximate surface area is 104 Å². The Hall–Kier alpha value is -0.770. The number of halogens is 2. The van der Waals surface area contributed by atoms with Crippen LogP contribution in [0.5, 0.6) is 5.75 Å². The summed E-state index contributed by atoms with van der Waals surface area (Å²) in [4.78, 5) is 0. The van der Waals surface area contributed by atoms with Gasteiger partial charge in [0.1, 0.15) is 11.6 Å². The van der Waals surface area contributed by atoms with Gasteiger partial charge in [0.15, 0.2) is 6.35 Å². The van der Waals surface area contributed by atoms with E-state index in [9.17, 15) is 8.96 Å². The number of nitrogen functional groups attached to an aromatic ring is 1. The van der Waals surface area contributed by atoms with Crippen molar-refractivity contribution in [2.45, 2.75) is 6.92 Å². The summed E-state index contributed by atoms with van der Waals surface area (Å²) in [6.07, 6.45) is 0.225. The van der Waals surface area contributed by atoms with Gasteiger partial charge in [-0.05, 0) is 6.07 Å². The topological polar surface area (TPSA) is 61.5 Å². The van der Waals surface area contributed by atoms with Crippen molar-refractivity contribution >= 4 is 24.7 Å². The zero-order valence-electron chi connectivity index (χ0n) is 9.57. The lowest BCUT2D eigenvalue weighted by molar-refractivity contribution is 0.324. The maximum atomic E-state index is 13.0. The van der Waals surface area contributed by atoms with Crippen molar-refractivity contribution in [3.8, 4) is 5.75 Å². The highest BCUT2D eigenvalue weighted by atomic mass is 35.5. The van der Waals surface area contributed by atoms with Crippen LogP contribution >= 0.6 is 19.0 Å². The number of benzene rings is 1. The zero-order chi connectivity index (χ0) is 13.1. The second-order valence-electron chi connectivity index (χ2n) is 3.39. The highest BCUT2D eigenvalue weighted by Gasteiger charge is 2.20. The molecule has 0 bridgehead atoms. The molecule has 0 saturated heterocycles. The van der Waals surface area contributed by atoms with E-state index in [0.717, 1.165) is 6.07 Å². The Morgan fingerprint density at radius 3 is 2.71 bits per heavy atom. The van der Waals surface area contributed by atoms with E-state index in [1.165, 1.54) is 13.2 Å². The normalized spacial score (nSPS) is 14.4. The monoisotopic (exact) mass is 281 g/mol. The molecule has 0 aliphatic rings. The van der Waals surface area contributed by atoms with Crippen LogP contribution in [0.1, 0.15) is 6.92 Å². The molecule has 0 aromatic heterocycles. The number of anilines is 1. The molecule has 2 N–H and O–H groups in total. The molecule has 0 aliphatic carbocycles. The van der Waals surface area contributed by atoms with Gasteiger partial charge in [-0.3, -0.25) is 4.57 Å². The summed E-state index contributed by atoms with van der Waals surface area (Å²) in [6, 6.07) is 2.31. The fourth-order valence-corrected chi connectivity index (χ4v) is 2.18. The van der Waals surface area contributed by atoms with E-state index in [2.05, 4.69) is 0 Å². The zero-order valence-corrected chi connectivity index (χ0v) is 11.2. The Kier molecular flexibility index (Phi) is 4.80. The summed E-state index contributed by atoms with van der Waals surface area (Å²) >= 11 is 5.77. The highest BCUT2D eigenvalue weighted by molar-refractivity contribution is 7.58. The maximum Gasteiger partial charge on any atom is 0.238 e. The van der Waals surface area contributed by atoms with Crippen LogP contribution < -0.4 is 10.5 Å². The smallest absolute Gasteiger partial charge is 0.238 e. The average Bonchev–Trinajstić information content (AvgIpc) is 2.32. The average molecular weight is 282 g/mol. The first kappa shape index (κ1) is 14.3. The Balaban J connectivity index is 2.83. The number of rotatable bonds is 5. The summed E-state index contributed by atoms with van der Waals surface area (Å²) in [7, 11) is -1.45. The van der Waals surface area contributed by atoms with E-state index in [4.69, 9.17) is 26.6 Å². The first-order chi connectivity index (χ1) is 7.91. The van der Waals surface area contributed by atoms with Gasteiger partial charge in [-0.25, -0.2) is 4.39 Å². The van der Waals surface area contributed by atoms with Gasteiger partial charge in [0.05, 0.1) is 10.7 Å². The highest BCUT2D eigenvalue weighted by Crippen LogP contribution is 2.46. The number of nitrogens with two attached hydrogens (primary N) is 1. The minimum Gasteiger partial charge on any atom is -0.482 e. The van der Waals surface area contributed by atoms with Gasteiger partial charge >= 0.3 is 0 Å². The van der Waals surface area contributed by atoms with Crippen LogP contribution in [0.15, 0.2) is 12.1 Å². The summed E-state index contributed by atoms with van der Waals surface area (Å²) in [6.45, 7) is 1.73. The third kappa shape index (κ3) is 3.60. The van der Waals surface area contributed by atoms with Gasteiger partial charge in [0.25, 0.3) is 0 Å². The van der Waals surface area contributed by atoms with Crippen LogP contribution in [0.3, 0.4) is 0 Å². The van der Waals surface area contributed by atoms with Gasteiger partial charge in [-0.1, -0.05) is 18.5 Å². The van der Waals surface area contributed by atoms with E-state index in [-0.39, 0.29) is 22.8 Å². The molecule has 0 radical (unpaired) electrons. The summed E-state index contributed by atoms with van der Waals surface area (Å²) in [5.74, 6) is -0.427. The van der Waals surface area contributed by atoms with Crippen LogP contribution in [0.2, 0.25) is 5.02 Å². The Morgan fingerprint density at radius 2 is 2.18 bits per heavy atom. The molecule has 0 spiro atoms. The van der Waals surface area contributed by atoms with Gasteiger partial charge < -0.3 is 15.0 Å². The van der Waals surface area contributed by atoms with Crippen molar-refractivity contribution in [3.63, 3.8) is 0 Å². The third-order valence-corrected chi connectivity index (χ3v) is 4.73. The first-order valence-electron chi connectivity index (χ1n) is 4.93. The molecule has 0 fully saturated rings. The largest absolute Gasteiger partial charge is 0.482 e. The molecule has 1 unspecified atom stereocenters. The lowest BCUT2D eigenvalue weighted by Gasteiger charge is -2.16. The van der Waals surface area contributed by atoms with E-state index < -0.39 is 13.2 Å². The predicted octanol–water partition coefficient (Wildman–Crippen LogP) is 3.34. The lowest BCUT2D eigenvalue weighted by Crippen LogP contribution is -2.04. The van der Waals surface area contributed by atoms with Crippen LogP contribution in [0, 0.1) is 5.82 Å². The minimum atomic E-state index is -2.81. The van der Waals surface area contributed by atoms with E-state index in [0.29, 0.717) is 6.16 Å². The molecule has 1 atom stereocenters. The van der Waals surface area contributed by atoms with Crippen molar-refractivity contribution in [1.29, 1.82) is 0 Å². The fraction of sp³-hybridized carbons (Fsp3) is 0.400. The quantitative estimate of drug-likeness (QED) is 0.664. The SMILES string of the molecule is CCP(=O)(COc1cc(N)c(F)cc1Cl)OC. The van der Waals surface area contributed by atoms with Crippen molar-refractivity contribution in [1.82, 2.24) is 0 Å². The third-order valence-electron chi connectivity index (χ3n) is 2.28. The van der Waals surface area contributed by atoms with Gasteiger partial charge in [0.2, 0.25) is 7.37 Å². The Bertz CT molecular complexity index is 447. The van der Waals surface area contributed by atoms with Crippen molar-refractivity contribution < 1.29 is 18.2 Å². The second-order valence-corrected chi connectivity index (χ2v) is 6.68. The lowest BCUT2D eigenvalue weighted by atomic mass is 10.3. The van der Waals surface area contributed by atoms with Crippen LogP contribution in [-0.4, -0.2) is 19.6 Å². The molecule has 4 nitrogen and oxygen atoms in total. The number of hydrogen-bond acceptors (Lipinski definition) is 4. The van der Waals surface area contributed by atoms with Crippen LogP contribution in [0.4, 0.5) is 10.1 Å². The maximum absolute atomic E-state index is 13.0. The number of hydrogen-bond donors (Lipinski definition) is 1.